The molecule has 0 amide bonds. The molecule has 0 saturated carbocycles. The van der Waals surface area contributed by atoms with E-state index in [1.807, 2.05) is 0 Å². The Hall–Kier alpha value is -1.96. The molecule has 0 aliphatic rings. The second-order valence-corrected chi connectivity index (χ2v) is 5.94. The number of hydrogen-bond donors (Lipinski definition) is 0. The summed E-state index contributed by atoms with van der Waals surface area (Å²) in [6.45, 7) is 0. The first-order chi connectivity index (χ1) is 9.43. The third-order valence-corrected chi connectivity index (χ3v) is 4.99. The molecule has 3 heteroatoms. The van der Waals surface area contributed by atoms with Gasteiger partial charge in [-0.3, -0.25) is 0 Å². The van der Waals surface area contributed by atoms with Crippen molar-refractivity contribution in [2.24, 2.45) is 0 Å². The molecule has 88 valence electrons. The fourth-order valence-corrected chi connectivity index (χ4v) is 4.30. The second-order valence-electron chi connectivity index (χ2n) is 4.83. The van der Waals surface area contributed by atoms with Crippen LogP contribution in [0, 0.1) is 0 Å². The van der Waals surface area contributed by atoms with Crippen LogP contribution in [0.1, 0.15) is 0 Å². The van der Waals surface area contributed by atoms with Gasteiger partial charge in [-0.15, -0.1) is 0 Å². The van der Waals surface area contributed by atoms with Crippen molar-refractivity contribution in [3.63, 3.8) is 0 Å². The molecular weight excluding hydrogens is 299 g/mol. The standard InChI is InChI=1S/C16H8N2Se/c1-3-9-7-8-10-4-2-6-12-14(10)13(9)11(5-1)15-16(12)18-19-17-15/h1-8H. The summed E-state index contributed by atoms with van der Waals surface area (Å²) in [6, 6.07) is 17.3. The fraction of sp³-hybridized carbons (Fsp3) is 0. The van der Waals surface area contributed by atoms with E-state index in [0.29, 0.717) is 0 Å². The van der Waals surface area contributed by atoms with Gasteiger partial charge < -0.3 is 0 Å². The van der Waals surface area contributed by atoms with Crippen LogP contribution in [0.5, 0.6) is 0 Å². The SMILES string of the molecule is c1cc2ccc3cccc4c5n[se]nc5c(c1)c2c34. The number of hydrogen-bond acceptors (Lipinski definition) is 2. The summed E-state index contributed by atoms with van der Waals surface area (Å²) in [5, 5.41) is 7.76. The van der Waals surface area contributed by atoms with Gasteiger partial charge in [0.1, 0.15) is 0 Å². The van der Waals surface area contributed by atoms with Crippen LogP contribution in [-0.4, -0.2) is 22.9 Å². The fourth-order valence-electron chi connectivity index (χ4n) is 3.09. The maximum absolute atomic E-state index is 4.64. The molecule has 0 spiro atoms. The summed E-state index contributed by atoms with van der Waals surface area (Å²) >= 11 is 0.0110. The van der Waals surface area contributed by atoms with E-state index in [1.165, 1.54) is 32.3 Å². The van der Waals surface area contributed by atoms with Crippen LogP contribution < -0.4 is 0 Å². The van der Waals surface area contributed by atoms with Gasteiger partial charge >= 0.3 is 115 Å². The van der Waals surface area contributed by atoms with E-state index in [0.717, 1.165) is 11.0 Å². The van der Waals surface area contributed by atoms with E-state index in [4.69, 9.17) is 0 Å². The average molecular weight is 307 g/mol. The second kappa shape index (κ2) is 3.32. The molecule has 0 unspecified atom stereocenters. The zero-order chi connectivity index (χ0) is 12.4. The Morgan fingerprint density at radius 1 is 0.632 bits per heavy atom. The predicted molar refractivity (Wildman–Crippen MR) is 80.2 cm³/mol. The van der Waals surface area contributed by atoms with Crippen LogP contribution >= 0.6 is 0 Å². The minimum atomic E-state index is 0.0110. The number of nitrogens with zero attached hydrogens (tertiary/aromatic N) is 2. The Labute approximate surface area is 115 Å². The monoisotopic (exact) mass is 308 g/mol. The zero-order valence-corrected chi connectivity index (χ0v) is 11.6. The molecule has 5 rings (SSSR count). The van der Waals surface area contributed by atoms with Gasteiger partial charge in [0.05, 0.1) is 0 Å². The molecule has 19 heavy (non-hydrogen) atoms. The van der Waals surface area contributed by atoms with Gasteiger partial charge in [-0.1, -0.05) is 0 Å². The van der Waals surface area contributed by atoms with Gasteiger partial charge in [0, 0.05) is 0 Å². The molecular formula is C16H8N2Se. The summed E-state index contributed by atoms with van der Waals surface area (Å²) in [5.41, 5.74) is 2.19. The molecule has 5 aromatic rings. The van der Waals surface area contributed by atoms with E-state index in [1.54, 1.807) is 0 Å². The molecule has 0 N–H and O–H groups in total. The van der Waals surface area contributed by atoms with Gasteiger partial charge in [0.2, 0.25) is 0 Å². The van der Waals surface area contributed by atoms with Gasteiger partial charge in [-0.25, -0.2) is 0 Å². The van der Waals surface area contributed by atoms with Gasteiger partial charge in [-0.05, 0) is 0 Å². The van der Waals surface area contributed by atoms with Crippen molar-refractivity contribution in [3.8, 4) is 0 Å². The Kier molecular flexibility index (Phi) is 1.73. The average Bonchev–Trinajstić information content (AvgIpc) is 2.95. The normalized spacial score (nSPS) is 12.2. The van der Waals surface area contributed by atoms with Crippen LogP contribution in [0.3, 0.4) is 0 Å². The molecule has 4 aromatic carbocycles. The molecule has 0 aliphatic heterocycles. The number of rotatable bonds is 0. The van der Waals surface area contributed by atoms with Crippen molar-refractivity contribution >= 4 is 58.3 Å². The van der Waals surface area contributed by atoms with E-state index < -0.39 is 0 Å². The third kappa shape index (κ3) is 1.12. The van der Waals surface area contributed by atoms with Crippen molar-refractivity contribution in [2.75, 3.05) is 0 Å². The third-order valence-electron chi connectivity index (χ3n) is 3.88. The molecule has 2 nitrogen and oxygen atoms in total. The maximum atomic E-state index is 4.64. The van der Waals surface area contributed by atoms with Crippen molar-refractivity contribution < 1.29 is 0 Å². The van der Waals surface area contributed by atoms with Gasteiger partial charge in [-0.2, -0.15) is 0 Å². The molecule has 0 saturated heterocycles. The van der Waals surface area contributed by atoms with E-state index in [2.05, 4.69) is 56.5 Å². The molecule has 0 radical (unpaired) electrons. The van der Waals surface area contributed by atoms with Crippen molar-refractivity contribution in [1.82, 2.24) is 7.96 Å². The first kappa shape index (κ1) is 9.90. The van der Waals surface area contributed by atoms with Crippen LogP contribution in [0.4, 0.5) is 0 Å². The Morgan fingerprint density at radius 2 is 1.16 bits per heavy atom. The number of benzene rings is 4. The van der Waals surface area contributed by atoms with Gasteiger partial charge in [0.15, 0.2) is 0 Å². The predicted octanol–water partition coefficient (Wildman–Crippen LogP) is 3.58. The summed E-state index contributed by atoms with van der Waals surface area (Å²) in [7, 11) is 0. The first-order valence-corrected chi connectivity index (χ1v) is 7.74. The van der Waals surface area contributed by atoms with Crippen LogP contribution in [-0.2, 0) is 0 Å². The van der Waals surface area contributed by atoms with Crippen molar-refractivity contribution in [3.05, 3.63) is 48.5 Å². The van der Waals surface area contributed by atoms with E-state index in [9.17, 15) is 0 Å². The summed E-state index contributed by atoms with van der Waals surface area (Å²) < 4.78 is 9.29. The molecule has 0 bridgehead atoms. The van der Waals surface area contributed by atoms with Crippen molar-refractivity contribution in [2.45, 2.75) is 0 Å². The quantitative estimate of drug-likeness (QED) is 0.323. The topological polar surface area (TPSA) is 25.8 Å². The molecule has 1 heterocycles. The summed E-state index contributed by atoms with van der Waals surface area (Å²) in [6.07, 6.45) is 0. The Balaban J connectivity index is 2.36. The van der Waals surface area contributed by atoms with Crippen LogP contribution in [0.2, 0.25) is 0 Å². The minimum absolute atomic E-state index is 0.0110. The van der Waals surface area contributed by atoms with Gasteiger partial charge in [0.25, 0.3) is 0 Å². The molecule has 0 atom stereocenters. The van der Waals surface area contributed by atoms with E-state index in [-0.39, 0.29) is 15.0 Å². The molecule has 1 aromatic heterocycles. The van der Waals surface area contributed by atoms with Crippen LogP contribution in [0.25, 0.3) is 43.4 Å². The number of fused-ring (bicyclic) bond motifs is 3. The Morgan fingerprint density at radius 3 is 1.68 bits per heavy atom. The molecule has 0 fully saturated rings. The summed E-state index contributed by atoms with van der Waals surface area (Å²) in [4.78, 5) is 0. The molecule has 0 aliphatic carbocycles. The number of aromatic nitrogens is 2. The van der Waals surface area contributed by atoms with E-state index >= 15 is 0 Å². The zero-order valence-electron chi connectivity index (χ0n) is 9.92. The van der Waals surface area contributed by atoms with Crippen molar-refractivity contribution in [1.29, 1.82) is 0 Å². The first-order valence-electron chi connectivity index (χ1n) is 6.21. The summed E-state index contributed by atoms with van der Waals surface area (Å²) in [5.74, 6) is 0. The van der Waals surface area contributed by atoms with Crippen LogP contribution in [0.15, 0.2) is 48.5 Å². The Bertz CT molecular complexity index is 978.